The Balaban J connectivity index is 1.57. The number of fused-ring (bicyclic) bond motifs is 1. The maximum Gasteiger partial charge on any atom is 0.373 e. The van der Waals surface area contributed by atoms with Gasteiger partial charge in [0.15, 0.2) is 5.65 Å². The summed E-state index contributed by atoms with van der Waals surface area (Å²) in [6.07, 6.45) is 1.72. The molecule has 0 bridgehead atoms. The molecule has 0 saturated carbocycles. The van der Waals surface area contributed by atoms with Gasteiger partial charge in [0.25, 0.3) is 0 Å². The second kappa shape index (κ2) is 6.96. The Labute approximate surface area is 152 Å². The lowest BCUT2D eigenvalue weighted by Crippen LogP contribution is -1.98. The molecule has 0 amide bonds. The molecule has 4 aromatic rings. The summed E-state index contributed by atoms with van der Waals surface area (Å²) >= 11 is 1.41. The number of nitrogens with zero attached hydrogens (tertiary/aromatic N) is 5. The molecule has 0 aliphatic rings. The second-order valence-corrected chi connectivity index (χ2v) is 6.17. The summed E-state index contributed by atoms with van der Waals surface area (Å²) < 4.78 is 11.8. The summed E-state index contributed by atoms with van der Waals surface area (Å²) in [6.45, 7) is 0. The van der Waals surface area contributed by atoms with Gasteiger partial charge in [0, 0.05) is 6.20 Å². The van der Waals surface area contributed by atoms with E-state index in [2.05, 4.69) is 25.0 Å². The molecule has 0 aliphatic heterocycles. The molecule has 0 saturated heterocycles. The summed E-state index contributed by atoms with van der Waals surface area (Å²) in [5, 5.41) is 13.5. The van der Waals surface area contributed by atoms with E-state index < -0.39 is 5.97 Å². The molecule has 4 aromatic heterocycles. The van der Waals surface area contributed by atoms with E-state index in [4.69, 9.17) is 4.42 Å². The largest absolute Gasteiger partial charge is 0.463 e. The molecule has 0 N–H and O–H groups in total. The van der Waals surface area contributed by atoms with Crippen molar-refractivity contribution in [1.82, 2.24) is 24.8 Å². The van der Waals surface area contributed by atoms with E-state index in [9.17, 15) is 4.79 Å². The van der Waals surface area contributed by atoms with Crippen molar-refractivity contribution < 1.29 is 13.9 Å². The SMILES string of the molecule is COC(=O)c1ccc(CSc2nnc3ccc(-c4ccccn4)nn23)o1. The zero-order valence-corrected chi connectivity index (χ0v) is 14.5. The van der Waals surface area contributed by atoms with E-state index in [0.29, 0.717) is 22.3 Å². The van der Waals surface area contributed by atoms with Gasteiger partial charge in [0.05, 0.1) is 18.6 Å². The van der Waals surface area contributed by atoms with Crippen molar-refractivity contribution in [2.24, 2.45) is 0 Å². The number of carbonyl (C=O) groups excluding carboxylic acids is 1. The smallest absolute Gasteiger partial charge is 0.373 e. The van der Waals surface area contributed by atoms with Gasteiger partial charge in [-0.1, -0.05) is 17.8 Å². The van der Waals surface area contributed by atoms with Crippen LogP contribution in [0.15, 0.2) is 58.2 Å². The van der Waals surface area contributed by atoms with Gasteiger partial charge in [-0.15, -0.1) is 10.2 Å². The normalized spacial score (nSPS) is 11.0. The van der Waals surface area contributed by atoms with Crippen LogP contribution in [0.2, 0.25) is 0 Å². The maximum absolute atomic E-state index is 11.4. The molecule has 26 heavy (non-hydrogen) atoms. The van der Waals surface area contributed by atoms with E-state index in [1.807, 2.05) is 30.3 Å². The van der Waals surface area contributed by atoms with E-state index in [1.54, 1.807) is 22.8 Å². The second-order valence-electron chi connectivity index (χ2n) is 5.23. The van der Waals surface area contributed by atoms with Crippen LogP contribution in [-0.2, 0) is 10.5 Å². The van der Waals surface area contributed by atoms with Crippen molar-refractivity contribution in [1.29, 1.82) is 0 Å². The third kappa shape index (κ3) is 3.16. The monoisotopic (exact) mass is 367 g/mol. The minimum Gasteiger partial charge on any atom is -0.463 e. The highest BCUT2D eigenvalue weighted by Crippen LogP contribution is 2.24. The van der Waals surface area contributed by atoms with Crippen molar-refractivity contribution in [2.45, 2.75) is 10.9 Å². The Morgan fingerprint density at radius 3 is 2.88 bits per heavy atom. The highest BCUT2D eigenvalue weighted by molar-refractivity contribution is 7.98. The van der Waals surface area contributed by atoms with Crippen molar-refractivity contribution >= 4 is 23.4 Å². The fourth-order valence-electron chi connectivity index (χ4n) is 2.31. The summed E-state index contributed by atoms with van der Waals surface area (Å²) in [6, 6.07) is 12.7. The Morgan fingerprint density at radius 1 is 1.15 bits per heavy atom. The minimum atomic E-state index is -0.504. The Hall–Kier alpha value is -3.20. The van der Waals surface area contributed by atoms with Crippen molar-refractivity contribution in [3.63, 3.8) is 0 Å². The number of hydrogen-bond acceptors (Lipinski definition) is 8. The number of hydrogen-bond donors (Lipinski definition) is 0. The van der Waals surface area contributed by atoms with Gasteiger partial charge in [0.1, 0.15) is 11.5 Å². The van der Waals surface area contributed by atoms with Crippen LogP contribution < -0.4 is 0 Å². The van der Waals surface area contributed by atoms with E-state index in [-0.39, 0.29) is 5.76 Å². The van der Waals surface area contributed by atoms with Gasteiger partial charge < -0.3 is 9.15 Å². The van der Waals surface area contributed by atoms with Crippen LogP contribution in [0.5, 0.6) is 0 Å². The number of pyridine rings is 1. The molecule has 4 heterocycles. The standard InChI is InChI=1S/C17H13N5O3S/c1-24-16(23)14-7-5-11(25-14)10-26-17-20-19-15-8-6-13(21-22(15)17)12-4-2-3-9-18-12/h2-9H,10H2,1H3. The molecule has 9 heteroatoms. The first-order valence-electron chi connectivity index (χ1n) is 7.68. The molecule has 8 nitrogen and oxygen atoms in total. The number of furan rings is 1. The number of ether oxygens (including phenoxy) is 1. The molecule has 0 aromatic carbocycles. The number of methoxy groups -OCH3 is 1. The minimum absolute atomic E-state index is 0.171. The fourth-order valence-corrected chi connectivity index (χ4v) is 3.09. The summed E-state index contributed by atoms with van der Waals surface area (Å²) in [4.78, 5) is 15.8. The van der Waals surface area contributed by atoms with Gasteiger partial charge in [0.2, 0.25) is 10.9 Å². The Morgan fingerprint density at radius 2 is 2.08 bits per heavy atom. The summed E-state index contributed by atoms with van der Waals surface area (Å²) in [5.41, 5.74) is 2.14. The van der Waals surface area contributed by atoms with Crippen LogP contribution >= 0.6 is 11.8 Å². The molecule has 0 aliphatic carbocycles. The van der Waals surface area contributed by atoms with Crippen molar-refractivity contribution in [3.05, 3.63) is 60.2 Å². The van der Waals surface area contributed by atoms with Crippen LogP contribution in [0.4, 0.5) is 0 Å². The third-order valence-corrected chi connectivity index (χ3v) is 4.49. The summed E-state index contributed by atoms with van der Waals surface area (Å²) in [7, 11) is 1.31. The van der Waals surface area contributed by atoms with Gasteiger partial charge >= 0.3 is 5.97 Å². The lowest BCUT2D eigenvalue weighted by molar-refractivity contribution is 0.0563. The first-order valence-corrected chi connectivity index (χ1v) is 8.67. The molecule has 0 atom stereocenters. The van der Waals surface area contributed by atoms with Crippen LogP contribution in [0, 0.1) is 0 Å². The van der Waals surface area contributed by atoms with Crippen molar-refractivity contribution in [2.75, 3.05) is 7.11 Å². The van der Waals surface area contributed by atoms with Gasteiger partial charge in [-0.2, -0.15) is 9.61 Å². The number of carbonyl (C=O) groups is 1. The molecule has 0 fully saturated rings. The zero-order chi connectivity index (χ0) is 17.9. The first-order chi connectivity index (χ1) is 12.7. The number of aromatic nitrogens is 5. The quantitative estimate of drug-likeness (QED) is 0.392. The molecular weight excluding hydrogens is 354 g/mol. The lowest BCUT2D eigenvalue weighted by Gasteiger charge is -2.02. The average Bonchev–Trinajstić information content (AvgIpc) is 3.33. The molecule has 4 rings (SSSR count). The van der Waals surface area contributed by atoms with Gasteiger partial charge in [-0.3, -0.25) is 4.98 Å². The lowest BCUT2D eigenvalue weighted by atomic mass is 10.2. The highest BCUT2D eigenvalue weighted by Gasteiger charge is 2.14. The number of esters is 1. The predicted molar refractivity (Wildman–Crippen MR) is 93.6 cm³/mol. The van der Waals surface area contributed by atoms with E-state index >= 15 is 0 Å². The number of rotatable bonds is 5. The molecule has 0 spiro atoms. The molecule has 0 unspecified atom stereocenters. The van der Waals surface area contributed by atoms with Crippen molar-refractivity contribution in [3.8, 4) is 11.4 Å². The Bertz CT molecular complexity index is 1060. The van der Waals surface area contributed by atoms with E-state index in [1.165, 1.54) is 18.9 Å². The Kier molecular flexibility index (Phi) is 4.36. The fraction of sp³-hybridized carbons (Fsp3) is 0.118. The maximum atomic E-state index is 11.4. The molecule has 130 valence electrons. The topological polar surface area (TPSA) is 95.4 Å². The predicted octanol–water partition coefficient (Wildman–Crippen LogP) is 2.86. The highest BCUT2D eigenvalue weighted by atomic mass is 32.2. The van der Waals surface area contributed by atoms with E-state index in [0.717, 1.165) is 11.4 Å². The number of thioether (sulfide) groups is 1. The van der Waals surface area contributed by atoms with Crippen LogP contribution in [0.3, 0.4) is 0 Å². The molecular formula is C17H13N5O3S. The third-order valence-electron chi connectivity index (χ3n) is 3.55. The van der Waals surface area contributed by atoms with Gasteiger partial charge in [-0.05, 0) is 36.4 Å². The summed E-state index contributed by atoms with van der Waals surface area (Å²) in [5.74, 6) is 0.779. The molecule has 0 radical (unpaired) electrons. The average molecular weight is 367 g/mol. The van der Waals surface area contributed by atoms with Crippen LogP contribution in [0.1, 0.15) is 16.3 Å². The van der Waals surface area contributed by atoms with Crippen LogP contribution in [0.25, 0.3) is 17.0 Å². The first kappa shape index (κ1) is 16.3. The zero-order valence-electron chi connectivity index (χ0n) is 13.7. The van der Waals surface area contributed by atoms with Gasteiger partial charge in [-0.25, -0.2) is 4.79 Å². The van der Waals surface area contributed by atoms with Crippen LogP contribution in [-0.4, -0.2) is 37.9 Å².